The molecule has 1 unspecified atom stereocenters. The van der Waals surface area contributed by atoms with Crippen molar-refractivity contribution in [3.05, 3.63) is 35.6 Å². The van der Waals surface area contributed by atoms with Crippen molar-refractivity contribution in [3.8, 4) is 12.3 Å². The second-order valence-corrected chi connectivity index (χ2v) is 4.06. The first kappa shape index (κ1) is 16.2. The molecule has 0 aliphatic rings. The maximum Gasteiger partial charge on any atom is 0.327 e. The van der Waals surface area contributed by atoms with E-state index in [1.807, 2.05) is 0 Å². The Kier molecular flexibility index (Phi) is 5.89. The van der Waals surface area contributed by atoms with Gasteiger partial charge in [0.25, 0.3) is 5.91 Å². The van der Waals surface area contributed by atoms with Crippen molar-refractivity contribution in [3.63, 3.8) is 0 Å². The topological polar surface area (TPSA) is 95.5 Å². The molecule has 1 aromatic carbocycles. The molecule has 1 atom stereocenters. The molecule has 0 saturated carbocycles. The van der Waals surface area contributed by atoms with Gasteiger partial charge in [-0.05, 0) is 18.2 Å². The normalized spacial score (nSPS) is 11.0. The van der Waals surface area contributed by atoms with Crippen LogP contribution in [0, 0.1) is 18.2 Å². The van der Waals surface area contributed by atoms with Crippen LogP contribution in [0.25, 0.3) is 0 Å². The summed E-state index contributed by atoms with van der Waals surface area (Å²) in [5.74, 6) is -1.07. The number of carboxylic acids is 1. The number of amides is 2. The number of nitrogens with one attached hydrogen (secondary N) is 2. The van der Waals surface area contributed by atoms with E-state index in [4.69, 9.17) is 11.5 Å². The smallest absolute Gasteiger partial charge is 0.327 e. The molecule has 0 saturated heterocycles. The first-order valence-corrected chi connectivity index (χ1v) is 5.93. The van der Waals surface area contributed by atoms with Gasteiger partial charge in [-0.25, -0.2) is 9.18 Å². The first-order valence-electron chi connectivity index (χ1n) is 5.93. The fraction of sp³-hybridized carbons (Fsp3) is 0.214. The van der Waals surface area contributed by atoms with E-state index in [0.29, 0.717) is 0 Å². The third-order valence-electron chi connectivity index (χ3n) is 2.45. The van der Waals surface area contributed by atoms with Crippen LogP contribution in [-0.4, -0.2) is 35.5 Å². The number of rotatable bonds is 6. The van der Waals surface area contributed by atoms with Gasteiger partial charge in [0.15, 0.2) is 0 Å². The van der Waals surface area contributed by atoms with Crippen molar-refractivity contribution >= 4 is 17.8 Å². The summed E-state index contributed by atoms with van der Waals surface area (Å²) < 4.78 is 12.9. The lowest BCUT2D eigenvalue weighted by Gasteiger charge is -2.12. The highest BCUT2D eigenvalue weighted by Gasteiger charge is 2.19. The minimum atomic E-state index is -1.27. The second-order valence-electron chi connectivity index (χ2n) is 4.06. The Hall–Kier alpha value is -2.88. The molecule has 1 rings (SSSR count). The van der Waals surface area contributed by atoms with Gasteiger partial charge in [0.2, 0.25) is 5.91 Å². The summed E-state index contributed by atoms with van der Waals surface area (Å²) >= 11 is 0. The van der Waals surface area contributed by atoms with Crippen LogP contribution in [0.3, 0.4) is 0 Å². The molecule has 2 amide bonds. The number of terminal acetylenes is 1. The average molecular weight is 292 g/mol. The molecule has 0 fully saturated rings. The fourth-order valence-corrected chi connectivity index (χ4v) is 1.46. The van der Waals surface area contributed by atoms with Crippen molar-refractivity contribution in [2.45, 2.75) is 12.5 Å². The Morgan fingerprint density at radius 2 is 2.10 bits per heavy atom. The molecule has 110 valence electrons. The predicted octanol–water partition coefficient (Wildman–Crippen LogP) is 0.148. The highest BCUT2D eigenvalue weighted by molar-refractivity contribution is 5.96. The van der Waals surface area contributed by atoms with Crippen LogP contribution in [0.2, 0.25) is 0 Å². The molecular weight excluding hydrogens is 279 g/mol. The molecule has 0 aliphatic heterocycles. The molecule has 1 aromatic rings. The van der Waals surface area contributed by atoms with E-state index in [0.717, 1.165) is 6.07 Å². The van der Waals surface area contributed by atoms with E-state index in [1.54, 1.807) is 0 Å². The van der Waals surface area contributed by atoms with E-state index in [1.165, 1.54) is 18.2 Å². The van der Waals surface area contributed by atoms with Gasteiger partial charge < -0.3 is 15.7 Å². The molecule has 3 N–H and O–H groups in total. The molecule has 0 bridgehead atoms. The quantitative estimate of drug-likeness (QED) is 0.650. The van der Waals surface area contributed by atoms with E-state index in [2.05, 4.69) is 16.6 Å². The number of aliphatic carboxylic acids is 1. The standard InChI is InChI=1S/C14H13FN2O4/c1-2-4-11(14(20)21)17-12(18)8-16-13(19)9-5-3-6-10(15)7-9/h1,3,5-7,11H,4,8H2,(H,16,19)(H,17,18)(H,20,21). The molecule has 0 heterocycles. The number of hydrogen-bond donors (Lipinski definition) is 3. The van der Waals surface area contributed by atoms with Crippen LogP contribution in [0.4, 0.5) is 4.39 Å². The van der Waals surface area contributed by atoms with Crippen LogP contribution in [0.1, 0.15) is 16.8 Å². The van der Waals surface area contributed by atoms with Gasteiger partial charge in [0, 0.05) is 12.0 Å². The molecular formula is C14H13FN2O4. The van der Waals surface area contributed by atoms with Crippen LogP contribution in [-0.2, 0) is 9.59 Å². The Labute approximate surface area is 120 Å². The summed E-state index contributed by atoms with van der Waals surface area (Å²) in [6.07, 6.45) is 4.82. The monoisotopic (exact) mass is 292 g/mol. The molecule has 6 nitrogen and oxygen atoms in total. The van der Waals surface area contributed by atoms with Crippen LogP contribution in [0.5, 0.6) is 0 Å². The zero-order chi connectivity index (χ0) is 15.8. The third-order valence-corrected chi connectivity index (χ3v) is 2.45. The van der Waals surface area contributed by atoms with E-state index >= 15 is 0 Å². The molecule has 0 radical (unpaired) electrons. The summed E-state index contributed by atoms with van der Waals surface area (Å²) in [4.78, 5) is 33.9. The van der Waals surface area contributed by atoms with Gasteiger partial charge in [0.05, 0.1) is 6.54 Å². The average Bonchev–Trinajstić information content (AvgIpc) is 2.44. The van der Waals surface area contributed by atoms with Gasteiger partial charge in [0.1, 0.15) is 11.9 Å². The van der Waals surface area contributed by atoms with Gasteiger partial charge >= 0.3 is 5.97 Å². The van der Waals surface area contributed by atoms with Crippen LogP contribution >= 0.6 is 0 Å². The van der Waals surface area contributed by atoms with E-state index in [9.17, 15) is 18.8 Å². The largest absolute Gasteiger partial charge is 0.480 e. The minimum absolute atomic E-state index is 0.0567. The number of carbonyl (C=O) groups excluding carboxylic acids is 2. The molecule has 0 aromatic heterocycles. The lowest BCUT2D eigenvalue weighted by Crippen LogP contribution is -2.45. The molecule has 7 heteroatoms. The molecule has 0 aliphatic carbocycles. The van der Waals surface area contributed by atoms with Crippen molar-refractivity contribution in [2.75, 3.05) is 6.54 Å². The van der Waals surface area contributed by atoms with Crippen molar-refractivity contribution in [1.82, 2.24) is 10.6 Å². The second kappa shape index (κ2) is 7.65. The Morgan fingerprint density at radius 1 is 1.38 bits per heavy atom. The predicted molar refractivity (Wildman–Crippen MR) is 71.7 cm³/mol. The Balaban J connectivity index is 2.51. The lowest BCUT2D eigenvalue weighted by molar-refractivity contribution is -0.141. The molecule has 0 spiro atoms. The van der Waals surface area contributed by atoms with Gasteiger partial charge in [-0.15, -0.1) is 12.3 Å². The number of carbonyl (C=O) groups is 3. The SMILES string of the molecule is C#CCC(NC(=O)CNC(=O)c1cccc(F)c1)C(=O)O. The van der Waals surface area contributed by atoms with Gasteiger partial charge in [-0.1, -0.05) is 6.07 Å². The number of halogens is 1. The summed E-state index contributed by atoms with van der Waals surface area (Å²) in [6.45, 7) is -0.441. The van der Waals surface area contributed by atoms with Crippen LogP contribution < -0.4 is 10.6 Å². The number of hydrogen-bond acceptors (Lipinski definition) is 3. The summed E-state index contributed by atoms with van der Waals surface area (Å²) in [5.41, 5.74) is 0.0567. The van der Waals surface area contributed by atoms with Crippen molar-refractivity contribution in [2.24, 2.45) is 0 Å². The summed E-state index contributed by atoms with van der Waals surface area (Å²) in [7, 11) is 0. The van der Waals surface area contributed by atoms with E-state index < -0.39 is 36.2 Å². The fourth-order valence-electron chi connectivity index (χ4n) is 1.46. The van der Waals surface area contributed by atoms with E-state index in [-0.39, 0.29) is 12.0 Å². The van der Waals surface area contributed by atoms with Gasteiger partial charge in [-0.2, -0.15) is 0 Å². The van der Waals surface area contributed by atoms with Crippen molar-refractivity contribution < 1.29 is 23.9 Å². The zero-order valence-electron chi connectivity index (χ0n) is 10.9. The highest BCUT2D eigenvalue weighted by atomic mass is 19.1. The van der Waals surface area contributed by atoms with Crippen LogP contribution in [0.15, 0.2) is 24.3 Å². The summed E-state index contributed by atoms with van der Waals surface area (Å²) in [6, 6.07) is 3.73. The lowest BCUT2D eigenvalue weighted by atomic mass is 10.2. The molecule has 21 heavy (non-hydrogen) atoms. The highest BCUT2D eigenvalue weighted by Crippen LogP contribution is 2.02. The number of carboxylic acid groups (broad SMARTS) is 1. The Bertz CT molecular complexity index is 595. The maximum absolute atomic E-state index is 12.9. The summed E-state index contributed by atoms with van der Waals surface area (Å²) in [5, 5.41) is 13.2. The van der Waals surface area contributed by atoms with Gasteiger partial charge in [-0.3, -0.25) is 9.59 Å². The zero-order valence-corrected chi connectivity index (χ0v) is 10.9. The minimum Gasteiger partial charge on any atom is -0.480 e. The number of benzene rings is 1. The first-order chi connectivity index (χ1) is 9.93. The maximum atomic E-state index is 12.9. The Morgan fingerprint density at radius 3 is 2.67 bits per heavy atom. The van der Waals surface area contributed by atoms with Crippen molar-refractivity contribution in [1.29, 1.82) is 0 Å². The third kappa shape index (κ3) is 5.32.